The molecule has 0 spiro atoms. The van der Waals surface area contributed by atoms with E-state index in [1.807, 2.05) is 0 Å². The molecule has 1 aromatic carbocycles. The lowest BCUT2D eigenvalue weighted by Gasteiger charge is -2.17. The van der Waals surface area contributed by atoms with E-state index in [-0.39, 0.29) is 18.0 Å². The average Bonchev–Trinajstić information content (AvgIpc) is 2.50. The Hall–Kier alpha value is -1.79. The highest BCUT2D eigenvalue weighted by Gasteiger charge is 2.11. The summed E-state index contributed by atoms with van der Waals surface area (Å²) in [7, 11) is 0. The second-order valence-electron chi connectivity index (χ2n) is 4.79. The molecule has 0 aromatic heterocycles. The molecule has 6 nitrogen and oxygen atoms in total. The Morgan fingerprint density at radius 2 is 2.05 bits per heavy atom. The first-order valence-electron chi connectivity index (χ1n) is 7.29. The number of nitrogens with one attached hydrogen (secondary N) is 1. The number of nitro groups is 1. The molecule has 1 rings (SSSR count). The Balaban J connectivity index is 2.34. The average molecular weight is 293 g/mol. The van der Waals surface area contributed by atoms with E-state index in [1.165, 1.54) is 18.2 Å². The molecular weight excluding hydrogens is 270 g/mol. The maximum absolute atomic E-state index is 11.9. The Kier molecular flexibility index (Phi) is 7.56. The summed E-state index contributed by atoms with van der Waals surface area (Å²) in [5.74, 6) is -0.124. The summed E-state index contributed by atoms with van der Waals surface area (Å²) < 4.78 is 0. The molecule has 0 bridgehead atoms. The zero-order chi connectivity index (χ0) is 15.7. The van der Waals surface area contributed by atoms with Crippen LogP contribution in [0.4, 0.5) is 5.69 Å². The second-order valence-corrected chi connectivity index (χ2v) is 4.79. The van der Waals surface area contributed by atoms with E-state index >= 15 is 0 Å². The minimum Gasteiger partial charge on any atom is -0.310 e. The minimum atomic E-state index is -0.492. The summed E-state index contributed by atoms with van der Waals surface area (Å²) in [6, 6.07) is 5.84. The van der Waals surface area contributed by atoms with Crippen molar-refractivity contribution in [2.24, 2.45) is 0 Å². The lowest BCUT2D eigenvalue weighted by molar-refractivity contribution is -0.384. The molecule has 0 saturated carbocycles. The molecule has 21 heavy (non-hydrogen) atoms. The molecule has 0 aliphatic heterocycles. The van der Waals surface area contributed by atoms with Crippen LogP contribution in [0.2, 0.25) is 0 Å². The van der Waals surface area contributed by atoms with Crippen LogP contribution in [0.25, 0.3) is 0 Å². The molecular formula is C15H23N3O3. The lowest BCUT2D eigenvalue weighted by Crippen LogP contribution is -2.29. The van der Waals surface area contributed by atoms with Crippen LogP contribution >= 0.6 is 0 Å². The number of rotatable bonds is 10. The summed E-state index contributed by atoms with van der Waals surface area (Å²) in [6.45, 7) is 8.29. The van der Waals surface area contributed by atoms with Crippen LogP contribution in [-0.2, 0) is 0 Å². The largest absolute Gasteiger partial charge is 0.310 e. The molecule has 1 aromatic rings. The van der Waals surface area contributed by atoms with E-state index in [0.717, 1.165) is 32.6 Å². The predicted molar refractivity (Wildman–Crippen MR) is 82.7 cm³/mol. The van der Waals surface area contributed by atoms with E-state index in [1.54, 1.807) is 6.07 Å². The van der Waals surface area contributed by atoms with Crippen molar-refractivity contribution in [1.82, 2.24) is 10.2 Å². The zero-order valence-corrected chi connectivity index (χ0v) is 12.7. The summed E-state index contributed by atoms with van der Waals surface area (Å²) in [5.41, 5.74) is 0.322. The molecule has 0 aliphatic rings. The highest BCUT2D eigenvalue weighted by molar-refractivity contribution is 5.98. The molecule has 0 saturated heterocycles. The molecule has 0 fully saturated rings. The number of hydrogen-bond donors (Lipinski definition) is 1. The number of non-ortho nitro benzene ring substituents is 1. The van der Waals surface area contributed by atoms with Gasteiger partial charge in [0.2, 0.25) is 0 Å². The first kappa shape index (κ1) is 17.3. The molecule has 116 valence electrons. The van der Waals surface area contributed by atoms with Gasteiger partial charge in [-0.1, -0.05) is 26.0 Å². The fourth-order valence-electron chi connectivity index (χ4n) is 2.06. The molecule has 0 heterocycles. The maximum atomic E-state index is 11.9. The zero-order valence-electron chi connectivity index (χ0n) is 12.7. The monoisotopic (exact) mass is 293 g/mol. The summed E-state index contributed by atoms with van der Waals surface area (Å²) in [6.07, 6.45) is 0.976. The standard InChI is InChI=1S/C15H23N3O3/c1-3-17(4-2)10-6-9-16-12-15(19)13-7-5-8-14(11-13)18(20)21/h5,7-8,11,16H,3-4,6,9-10,12H2,1-2H3. The Bertz CT molecular complexity index is 473. The third kappa shape index (κ3) is 6.01. The van der Waals surface area contributed by atoms with Gasteiger partial charge in [0, 0.05) is 17.7 Å². The quantitative estimate of drug-likeness (QED) is 0.309. The van der Waals surface area contributed by atoms with Gasteiger partial charge in [-0.05, 0) is 32.6 Å². The van der Waals surface area contributed by atoms with Crippen molar-refractivity contribution < 1.29 is 9.72 Å². The van der Waals surface area contributed by atoms with Crippen molar-refractivity contribution >= 4 is 11.5 Å². The highest BCUT2D eigenvalue weighted by Crippen LogP contribution is 2.13. The van der Waals surface area contributed by atoms with Crippen LogP contribution in [0.5, 0.6) is 0 Å². The SMILES string of the molecule is CCN(CC)CCCNCC(=O)c1cccc([N+](=O)[O-])c1. The van der Waals surface area contributed by atoms with Gasteiger partial charge in [0.15, 0.2) is 5.78 Å². The van der Waals surface area contributed by atoms with Gasteiger partial charge in [-0.15, -0.1) is 0 Å². The molecule has 0 amide bonds. The van der Waals surface area contributed by atoms with E-state index in [0.29, 0.717) is 5.56 Å². The number of ketones is 1. The number of nitrogens with zero attached hydrogens (tertiary/aromatic N) is 2. The van der Waals surface area contributed by atoms with Crippen molar-refractivity contribution in [2.45, 2.75) is 20.3 Å². The van der Waals surface area contributed by atoms with Crippen LogP contribution in [-0.4, -0.2) is 48.3 Å². The first-order chi connectivity index (χ1) is 10.1. The number of carbonyl (C=O) groups is 1. The molecule has 6 heteroatoms. The lowest BCUT2D eigenvalue weighted by atomic mass is 10.1. The molecule has 1 N–H and O–H groups in total. The van der Waals surface area contributed by atoms with Gasteiger partial charge >= 0.3 is 0 Å². The molecule has 0 aliphatic carbocycles. The van der Waals surface area contributed by atoms with Gasteiger partial charge in [-0.2, -0.15) is 0 Å². The Labute approximate surface area is 125 Å². The van der Waals surface area contributed by atoms with Crippen molar-refractivity contribution in [3.8, 4) is 0 Å². The van der Waals surface area contributed by atoms with Crippen molar-refractivity contribution in [1.29, 1.82) is 0 Å². The van der Waals surface area contributed by atoms with Gasteiger partial charge < -0.3 is 10.2 Å². The number of benzene rings is 1. The smallest absolute Gasteiger partial charge is 0.270 e. The number of hydrogen-bond acceptors (Lipinski definition) is 5. The number of nitro benzene ring substituents is 1. The topological polar surface area (TPSA) is 75.5 Å². The predicted octanol–water partition coefficient (Wildman–Crippen LogP) is 2.10. The fraction of sp³-hybridized carbons (Fsp3) is 0.533. The Morgan fingerprint density at radius 1 is 1.33 bits per heavy atom. The molecule has 0 atom stereocenters. The van der Waals surface area contributed by atoms with Crippen LogP contribution in [0.3, 0.4) is 0 Å². The summed E-state index contributed by atoms with van der Waals surface area (Å²) in [5, 5.41) is 13.8. The number of carbonyl (C=O) groups excluding carboxylic acids is 1. The van der Waals surface area contributed by atoms with Crippen LogP contribution in [0, 0.1) is 10.1 Å². The van der Waals surface area contributed by atoms with Gasteiger partial charge in [0.05, 0.1) is 11.5 Å². The van der Waals surface area contributed by atoms with E-state index in [4.69, 9.17) is 0 Å². The minimum absolute atomic E-state index is 0.0533. The summed E-state index contributed by atoms with van der Waals surface area (Å²) >= 11 is 0. The van der Waals surface area contributed by atoms with Crippen molar-refractivity contribution in [2.75, 3.05) is 32.7 Å². The van der Waals surface area contributed by atoms with Gasteiger partial charge in [-0.3, -0.25) is 14.9 Å². The normalized spacial score (nSPS) is 10.8. The third-order valence-electron chi connectivity index (χ3n) is 3.39. The van der Waals surface area contributed by atoms with E-state index in [9.17, 15) is 14.9 Å². The molecule has 0 radical (unpaired) electrons. The van der Waals surface area contributed by atoms with Crippen LogP contribution in [0.15, 0.2) is 24.3 Å². The van der Waals surface area contributed by atoms with E-state index in [2.05, 4.69) is 24.1 Å². The Morgan fingerprint density at radius 3 is 2.67 bits per heavy atom. The van der Waals surface area contributed by atoms with Gasteiger partial charge in [-0.25, -0.2) is 0 Å². The second kappa shape index (κ2) is 9.20. The molecule has 0 unspecified atom stereocenters. The van der Waals surface area contributed by atoms with Crippen molar-refractivity contribution in [3.05, 3.63) is 39.9 Å². The van der Waals surface area contributed by atoms with Gasteiger partial charge in [0.1, 0.15) is 0 Å². The van der Waals surface area contributed by atoms with Crippen molar-refractivity contribution in [3.63, 3.8) is 0 Å². The highest BCUT2D eigenvalue weighted by atomic mass is 16.6. The van der Waals surface area contributed by atoms with Crippen LogP contribution < -0.4 is 5.32 Å². The van der Waals surface area contributed by atoms with Crippen LogP contribution in [0.1, 0.15) is 30.6 Å². The number of Topliss-reactive ketones (excluding diaryl/α,β-unsaturated/α-hetero) is 1. The van der Waals surface area contributed by atoms with Gasteiger partial charge in [0.25, 0.3) is 5.69 Å². The first-order valence-corrected chi connectivity index (χ1v) is 7.29. The fourth-order valence-corrected chi connectivity index (χ4v) is 2.06. The maximum Gasteiger partial charge on any atom is 0.270 e. The van der Waals surface area contributed by atoms with E-state index < -0.39 is 4.92 Å². The summed E-state index contributed by atoms with van der Waals surface area (Å²) in [4.78, 5) is 24.4. The third-order valence-corrected chi connectivity index (χ3v) is 3.39.